The molecule has 0 spiro atoms. The molecule has 3 rings (SSSR count). The molecule has 1 atom stereocenters. The van der Waals surface area contributed by atoms with Crippen LogP contribution in [0.5, 0.6) is 0 Å². The number of hydrogen-bond acceptors (Lipinski definition) is 4. The molecule has 2 heterocycles. The molecule has 1 saturated heterocycles. The molecule has 2 N–H and O–H groups in total. The van der Waals surface area contributed by atoms with E-state index in [2.05, 4.69) is 20.6 Å². The lowest BCUT2D eigenvalue weighted by atomic mass is 10.0. The Kier molecular flexibility index (Phi) is 5.21. The zero-order valence-electron chi connectivity index (χ0n) is 12.9. The van der Waals surface area contributed by atoms with Crippen molar-refractivity contribution in [1.29, 1.82) is 0 Å². The summed E-state index contributed by atoms with van der Waals surface area (Å²) in [4.78, 5) is 20.3. The molecule has 0 aromatic carbocycles. The Balaban J connectivity index is 1.31. The zero-order chi connectivity index (χ0) is 15.2. The lowest BCUT2D eigenvalue weighted by Gasteiger charge is -2.22. The zero-order valence-corrected chi connectivity index (χ0v) is 12.9. The number of anilines is 1. The Bertz CT molecular complexity index is 481. The summed E-state index contributed by atoms with van der Waals surface area (Å²) in [6.07, 6.45) is 11.6. The van der Waals surface area contributed by atoms with Gasteiger partial charge in [-0.3, -0.25) is 0 Å². The maximum atomic E-state index is 11.8. The molecule has 2 fully saturated rings. The standard InChI is InChI=1S/C16H24N4O2/c21-16(17-8-3-5-14-4-1-2-9-22-14)20-13-10-18-15(19-11-13)12-6-7-12/h10-12,14H,1-9H2,(H2,17,20,21)/t14-/m0/s1. The van der Waals surface area contributed by atoms with E-state index in [9.17, 15) is 4.79 Å². The second kappa shape index (κ2) is 7.54. The van der Waals surface area contributed by atoms with Crippen LogP contribution in [0.25, 0.3) is 0 Å². The Morgan fingerprint density at radius 1 is 1.23 bits per heavy atom. The van der Waals surface area contributed by atoms with Gasteiger partial charge in [0.2, 0.25) is 0 Å². The van der Waals surface area contributed by atoms with Crippen molar-refractivity contribution in [3.63, 3.8) is 0 Å². The topological polar surface area (TPSA) is 76.1 Å². The Labute approximate surface area is 131 Å². The minimum Gasteiger partial charge on any atom is -0.378 e. The molecule has 2 amide bonds. The lowest BCUT2D eigenvalue weighted by molar-refractivity contribution is 0.0103. The summed E-state index contributed by atoms with van der Waals surface area (Å²) in [6.45, 7) is 1.54. The summed E-state index contributed by atoms with van der Waals surface area (Å²) in [5.41, 5.74) is 0.637. The monoisotopic (exact) mass is 304 g/mol. The molecule has 0 radical (unpaired) electrons. The third kappa shape index (κ3) is 4.66. The van der Waals surface area contributed by atoms with E-state index in [1.165, 1.54) is 25.7 Å². The number of carbonyl (C=O) groups is 1. The first kappa shape index (κ1) is 15.2. The molecule has 6 heteroatoms. The number of ether oxygens (including phenoxy) is 1. The van der Waals surface area contributed by atoms with Crippen molar-refractivity contribution >= 4 is 11.7 Å². The van der Waals surface area contributed by atoms with E-state index in [1.54, 1.807) is 12.4 Å². The third-order valence-corrected chi connectivity index (χ3v) is 4.13. The van der Waals surface area contributed by atoms with E-state index in [0.717, 1.165) is 31.7 Å². The van der Waals surface area contributed by atoms with Gasteiger partial charge >= 0.3 is 6.03 Å². The highest BCUT2D eigenvalue weighted by atomic mass is 16.5. The molecule has 1 aliphatic carbocycles. The molecule has 2 aliphatic rings. The van der Waals surface area contributed by atoms with Crippen molar-refractivity contribution in [2.24, 2.45) is 0 Å². The van der Waals surface area contributed by atoms with Gasteiger partial charge in [0.25, 0.3) is 0 Å². The van der Waals surface area contributed by atoms with Gasteiger partial charge in [-0.05, 0) is 44.9 Å². The molecule has 1 aromatic rings. The van der Waals surface area contributed by atoms with E-state index >= 15 is 0 Å². The van der Waals surface area contributed by atoms with Crippen molar-refractivity contribution in [2.45, 2.75) is 57.0 Å². The number of carbonyl (C=O) groups excluding carboxylic acids is 1. The molecule has 120 valence electrons. The van der Waals surface area contributed by atoms with Crippen LogP contribution < -0.4 is 10.6 Å². The average Bonchev–Trinajstić information content (AvgIpc) is 3.38. The van der Waals surface area contributed by atoms with Crippen LogP contribution >= 0.6 is 0 Å². The van der Waals surface area contributed by atoms with Gasteiger partial charge in [-0.25, -0.2) is 14.8 Å². The molecular formula is C16H24N4O2. The largest absolute Gasteiger partial charge is 0.378 e. The van der Waals surface area contributed by atoms with E-state index in [1.807, 2.05) is 0 Å². The van der Waals surface area contributed by atoms with Crippen LogP contribution in [0.2, 0.25) is 0 Å². The Morgan fingerprint density at radius 3 is 2.73 bits per heavy atom. The van der Waals surface area contributed by atoms with Crippen molar-refractivity contribution in [2.75, 3.05) is 18.5 Å². The van der Waals surface area contributed by atoms with E-state index in [-0.39, 0.29) is 6.03 Å². The Morgan fingerprint density at radius 2 is 2.05 bits per heavy atom. The molecule has 1 saturated carbocycles. The fraction of sp³-hybridized carbons (Fsp3) is 0.688. The average molecular weight is 304 g/mol. The number of hydrogen-bond donors (Lipinski definition) is 2. The molecule has 0 bridgehead atoms. The smallest absolute Gasteiger partial charge is 0.319 e. The molecule has 6 nitrogen and oxygen atoms in total. The van der Waals surface area contributed by atoms with Gasteiger partial charge in [-0.15, -0.1) is 0 Å². The molecule has 22 heavy (non-hydrogen) atoms. The maximum absolute atomic E-state index is 11.8. The van der Waals surface area contributed by atoms with Crippen molar-refractivity contribution in [1.82, 2.24) is 15.3 Å². The summed E-state index contributed by atoms with van der Waals surface area (Å²) in [7, 11) is 0. The van der Waals surface area contributed by atoms with Crippen LogP contribution in [-0.4, -0.2) is 35.3 Å². The molecule has 1 aliphatic heterocycles. The summed E-state index contributed by atoms with van der Waals surface area (Å²) in [5, 5.41) is 5.62. The highest BCUT2D eigenvalue weighted by molar-refractivity contribution is 5.88. The Hall–Kier alpha value is -1.69. The van der Waals surface area contributed by atoms with Gasteiger partial charge in [-0.2, -0.15) is 0 Å². The SMILES string of the molecule is O=C(NCCC[C@@H]1CCCCO1)Nc1cnc(C2CC2)nc1. The molecular weight excluding hydrogens is 280 g/mol. The summed E-state index contributed by atoms with van der Waals surface area (Å²) in [5.74, 6) is 1.42. The van der Waals surface area contributed by atoms with Gasteiger partial charge in [0.1, 0.15) is 5.82 Å². The van der Waals surface area contributed by atoms with E-state index < -0.39 is 0 Å². The normalized spacial score (nSPS) is 21.4. The number of aromatic nitrogens is 2. The van der Waals surface area contributed by atoms with Crippen LogP contribution in [0.1, 0.15) is 56.7 Å². The fourth-order valence-electron chi connectivity index (χ4n) is 2.70. The first-order chi connectivity index (χ1) is 10.8. The van der Waals surface area contributed by atoms with Crippen molar-refractivity contribution in [3.05, 3.63) is 18.2 Å². The van der Waals surface area contributed by atoms with E-state index in [0.29, 0.717) is 24.3 Å². The summed E-state index contributed by atoms with van der Waals surface area (Å²) in [6, 6.07) is -0.202. The first-order valence-corrected chi connectivity index (χ1v) is 8.29. The number of nitrogens with one attached hydrogen (secondary N) is 2. The van der Waals surface area contributed by atoms with Crippen LogP contribution in [-0.2, 0) is 4.74 Å². The quantitative estimate of drug-likeness (QED) is 0.792. The predicted octanol–water partition coefficient (Wildman–Crippen LogP) is 2.82. The van der Waals surface area contributed by atoms with Crippen molar-refractivity contribution in [3.8, 4) is 0 Å². The van der Waals surface area contributed by atoms with Crippen LogP contribution in [0, 0.1) is 0 Å². The number of urea groups is 1. The third-order valence-electron chi connectivity index (χ3n) is 4.13. The number of nitrogens with zero attached hydrogens (tertiary/aromatic N) is 2. The van der Waals surface area contributed by atoms with Gasteiger partial charge in [0.05, 0.1) is 24.2 Å². The van der Waals surface area contributed by atoms with Gasteiger partial charge in [0.15, 0.2) is 0 Å². The predicted molar refractivity (Wildman–Crippen MR) is 83.9 cm³/mol. The van der Waals surface area contributed by atoms with Gasteiger partial charge in [-0.1, -0.05) is 0 Å². The van der Waals surface area contributed by atoms with Crippen LogP contribution in [0.15, 0.2) is 12.4 Å². The second-order valence-corrected chi connectivity index (χ2v) is 6.12. The van der Waals surface area contributed by atoms with Crippen LogP contribution in [0.3, 0.4) is 0 Å². The van der Waals surface area contributed by atoms with E-state index in [4.69, 9.17) is 4.74 Å². The highest BCUT2D eigenvalue weighted by Gasteiger charge is 2.26. The minimum absolute atomic E-state index is 0.202. The lowest BCUT2D eigenvalue weighted by Crippen LogP contribution is -2.30. The summed E-state index contributed by atoms with van der Waals surface area (Å²) < 4.78 is 5.67. The first-order valence-electron chi connectivity index (χ1n) is 8.29. The summed E-state index contributed by atoms with van der Waals surface area (Å²) >= 11 is 0. The maximum Gasteiger partial charge on any atom is 0.319 e. The highest BCUT2D eigenvalue weighted by Crippen LogP contribution is 2.37. The van der Waals surface area contributed by atoms with Crippen molar-refractivity contribution < 1.29 is 9.53 Å². The molecule has 1 aromatic heterocycles. The van der Waals surface area contributed by atoms with Gasteiger partial charge in [0, 0.05) is 19.1 Å². The number of amides is 2. The minimum atomic E-state index is -0.202. The molecule has 0 unspecified atom stereocenters. The second-order valence-electron chi connectivity index (χ2n) is 6.12. The number of rotatable bonds is 6. The fourth-order valence-corrected chi connectivity index (χ4v) is 2.70. The van der Waals surface area contributed by atoms with Crippen LogP contribution in [0.4, 0.5) is 10.5 Å². The van der Waals surface area contributed by atoms with Gasteiger partial charge < -0.3 is 15.4 Å².